The molecular weight excluding hydrogens is 437 g/mol. The van der Waals surface area contributed by atoms with Gasteiger partial charge in [-0.1, -0.05) is 103 Å². The molecule has 0 aliphatic rings. The summed E-state index contributed by atoms with van der Waals surface area (Å²) in [6.45, 7) is 3.41. The Kier molecular flexibility index (Phi) is 23.1. The number of aliphatic hydroxyl groups is 2. The van der Waals surface area contributed by atoms with E-state index < -0.39 is 17.3 Å². The summed E-state index contributed by atoms with van der Waals surface area (Å²) in [5.41, 5.74) is -1.73. The first-order valence-electron chi connectivity index (χ1n) is 12.5. The van der Waals surface area contributed by atoms with Gasteiger partial charge in [-0.2, -0.15) is 0 Å². The van der Waals surface area contributed by atoms with Crippen molar-refractivity contribution in [3.05, 3.63) is 0 Å². The summed E-state index contributed by atoms with van der Waals surface area (Å²) >= 11 is 0. The van der Waals surface area contributed by atoms with Gasteiger partial charge >= 0.3 is 29.6 Å². The van der Waals surface area contributed by atoms with Crippen LogP contribution in [0.25, 0.3) is 0 Å². The number of aliphatic carboxylic acids is 1. The predicted octanol–water partition coefficient (Wildman–Crippen LogP) is -1.46. The number of carbonyl (C=O) groups excluding carboxylic acids is 1. The minimum atomic E-state index is -2.33. The van der Waals surface area contributed by atoms with E-state index in [-0.39, 0.29) is 52.9 Å². The number of hydrogen-bond donors (Lipinski definition) is 2. The van der Waals surface area contributed by atoms with E-state index in [1.54, 1.807) is 21.1 Å². The van der Waals surface area contributed by atoms with Gasteiger partial charge in [0.15, 0.2) is 5.54 Å². The maximum atomic E-state index is 11.9. The van der Waals surface area contributed by atoms with Crippen LogP contribution in [0.3, 0.4) is 0 Å². The molecule has 1 unspecified atom stereocenters. The second-order valence-corrected chi connectivity index (χ2v) is 10.2. The van der Waals surface area contributed by atoms with Crippen molar-refractivity contribution in [2.24, 2.45) is 0 Å². The van der Waals surface area contributed by atoms with Gasteiger partial charge in [-0.25, -0.2) is 0 Å². The largest absolute Gasteiger partial charge is 1.00 e. The molecule has 0 fully saturated rings. The molecule has 0 aromatic rings. The molecule has 5 nitrogen and oxygen atoms in total. The Labute approximate surface area is 227 Å². The quantitative estimate of drug-likeness (QED) is 0.0952. The van der Waals surface area contributed by atoms with E-state index in [1.807, 2.05) is 0 Å². The normalized spacial score (nSPS) is 13.7. The molecule has 0 aromatic heterocycles. The average molecular weight is 488 g/mol. The number of hydrogen-bond acceptors (Lipinski definition) is 4. The van der Waals surface area contributed by atoms with Crippen LogP contribution in [0.4, 0.5) is 0 Å². The molecule has 0 aromatic carbocycles. The molecule has 7 heteroatoms. The number of carbonyl (C=O) groups is 1. The third-order valence-corrected chi connectivity index (χ3v) is 6.66. The van der Waals surface area contributed by atoms with Gasteiger partial charge in [-0.15, -0.1) is 0 Å². The van der Waals surface area contributed by atoms with Crippen LogP contribution in [0, 0.1) is 0 Å². The molecule has 188 valence electrons. The monoisotopic (exact) mass is 487 g/mol. The Morgan fingerprint density at radius 2 is 1.00 bits per heavy atom. The molecule has 0 bridgehead atoms. The standard InChI is InChI=1S/C25H51NO4.ClH.Na/c1-6-7-8-9-10-11-12-13-14-15-16-17-18-19-20-21-22-25(23(27)28,24(2,29)30)26(3,4)5;;/h29-30H,6-22H2,1-5H3;1H;/q;;+1/p-1. The molecule has 0 rings (SSSR count). The van der Waals surface area contributed by atoms with Crippen LogP contribution in [0.2, 0.25) is 0 Å². The van der Waals surface area contributed by atoms with E-state index in [2.05, 4.69) is 6.92 Å². The zero-order valence-electron chi connectivity index (χ0n) is 22.1. The summed E-state index contributed by atoms with van der Waals surface area (Å²) in [4.78, 5) is 11.9. The van der Waals surface area contributed by atoms with Gasteiger partial charge in [0.2, 0.25) is 5.79 Å². The number of quaternary nitrogens is 1. The number of likely N-dealkylation sites (N-methyl/N-ethyl adjacent to an activating group) is 1. The Hall–Kier alpha value is 0.640. The molecule has 32 heavy (non-hydrogen) atoms. The molecule has 0 heterocycles. The van der Waals surface area contributed by atoms with E-state index in [4.69, 9.17) is 0 Å². The maximum Gasteiger partial charge on any atom is 1.00 e. The summed E-state index contributed by atoms with van der Waals surface area (Å²) in [7, 11) is 5.02. The molecule has 0 spiro atoms. The van der Waals surface area contributed by atoms with E-state index in [1.165, 1.54) is 77.0 Å². The summed E-state index contributed by atoms with van der Waals surface area (Å²) in [6, 6.07) is 0. The molecule has 1 atom stereocenters. The van der Waals surface area contributed by atoms with Crippen molar-refractivity contribution in [2.45, 2.75) is 134 Å². The van der Waals surface area contributed by atoms with Gasteiger partial charge in [0.25, 0.3) is 0 Å². The fourth-order valence-electron chi connectivity index (χ4n) is 4.71. The third-order valence-electron chi connectivity index (χ3n) is 6.66. The SMILES string of the molecule is CCCCCCCCCCCCCCCCCCC(C(=O)[O-])(C(C)(O)O)[N+](C)(C)C.[Cl-].[Na+]. The maximum absolute atomic E-state index is 11.9. The zero-order valence-corrected chi connectivity index (χ0v) is 24.8. The smallest absolute Gasteiger partial charge is 1.00 e. The molecule has 0 saturated heterocycles. The van der Waals surface area contributed by atoms with Crippen LogP contribution in [-0.4, -0.2) is 53.1 Å². The second kappa shape index (κ2) is 19.9. The van der Waals surface area contributed by atoms with Crippen LogP contribution < -0.4 is 47.1 Å². The van der Waals surface area contributed by atoms with Crippen molar-refractivity contribution < 1.29 is 66.6 Å². The summed E-state index contributed by atoms with van der Waals surface area (Å²) in [6.07, 6.45) is 20.2. The van der Waals surface area contributed by atoms with Crippen molar-refractivity contribution in [1.29, 1.82) is 0 Å². The van der Waals surface area contributed by atoms with E-state index >= 15 is 0 Å². The summed E-state index contributed by atoms with van der Waals surface area (Å²) in [5, 5.41) is 32.2. The fraction of sp³-hybridized carbons (Fsp3) is 0.960. The minimum Gasteiger partial charge on any atom is -1.00 e. The van der Waals surface area contributed by atoms with Crippen LogP contribution in [0.15, 0.2) is 0 Å². The summed E-state index contributed by atoms with van der Waals surface area (Å²) in [5.74, 6) is -3.73. The minimum absolute atomic E-state index is 0. The number of nitrogens with zero attached hydrogens (tertiary/aromatic N) is 1. The summed E-state index contributed by atoms with van der Waals surface area (Å²) < 4.78 is -0.0857. The van der Waals surface area contributed by atoms with Crippen LogP contribution in [-0.2, 0) is 4.79 Å². The van der Waals surface area contributed by atoms with Crippen LogP contribution in [0.5, 0.6) is 0 Å². The Morgan fingerprint density at radius 1 is 0.719 bits per heavy atom. The van der Waals surface area contributed by atoms with Gasteiger partial charge in [0.1, 0.15) is 5.97 Å². The predicted molar refractivity (Wildman–Crippen MR) is 123 cm³/mol. The Balaban J connectivity index is -0.00000420. The van der Waals surface area contributed by atoms with Gasteiger partial charge in [0.05, 0.1) is 21.1 Å². The molecule has 2 N–H and O–H groups in total. The third kappa shape index (κ3) is 14.1. The second-order valence-electron chi connectivity index (χ2n) is 10.2. The van der Waals surface area contributed by atoms with Gasteiger partial charge < -0.3 is 37.0 Å². The fourth-order valence-corrected chi connectivity index (χ4v) is 4.71. The first-order chi connectivity index (χ1) is 14.0. The molecule has 0 aliphatic carbocycles. The van der Waals surface area contributed by atoms with Gasteiger partial charge in [-0.3, -0.25) is 0 Å². The van der Waals surface area contributed by atoms with Crippen LogP contribution in [0.1, 0.15) is 123 Å². The molecule has 0 radical (unpaired) electrons. The van der Waals surface area contributed by atoms with Gasteiger partial charge in [-0.05, 0) is 13.3 Å². The number of carboxylic acids is 1. The topological polar surface area (TPSA) is 80.6 Å². The zero-order chi connectivity index (χ0) is 23.1. The molecular formula is C25H51ClNNaO4. The van der Waals surface area contributed by atoms with E-state index in [9.17, 15) is 20.1 Å². The number of carboxylic acid groups (broad SMARTS) is 1. The van der Waals surface area contributed by atoms with Gasteiger partial charge in [0, 0.05) is 6.42 Å². The Bertz CT molecular complexity index is 436. The molecule has 0 amide bonds. The number of halogens is 1. The first-order valence-corrected chi connectivity index (χ1v) is 12.5. The number of rotatable bonds is 20. The van der Waals surface area contributed by atoms with E-state index in [0.717, 1.165) is 26.2 Å². The van der Waals surface area contributed by atoms with Crippen molar-refractivity contribution in [3.63, 3.8) is 0 Å². The van der Waals surface area contributed by atoms with Crippen molar-refractivity contribution in [2.75, 3.05) is 21.1 Å². The van der Waals surface area contributed by atoms with Crippen molar-refractivity contribution >= 4 is 5.97 Å². The van der Waals surface area contributed by atoms with E-state index in [0.29, 0.717) is 6.42 Å². The van der Waals surface area contributed by atoms with Crippen molar-refractivity contribution in [3.8, 4) is 0 Å². The molecule has 0 aliphatic heterocycles. The Morgan fingerprint density at radius 3 is 1.22 bits per heavy atom. The average Bonchev–Trinajstić information content (AvgIpc) is 2.61. The number of unbranched alkanes of at least 4 members (excludes halogenated alkanes) is 15. The van der Waals surface area contributed by atoms with Crippen LogP contribution >= 0.6 is 0 Å². The van der Waals surface area contributed by atoms with Crippen molar-refractivity contribution in [1.82, 2.24) is 0 Å². The first kappa shape index (κ1) is 37.2. The molecule has 0 saturated carbocycles.